The molecule has 1 aromatic carbocycles. The molecule has 1 N–H and O–H groups in total. The number of nitro groups is 1. The van der Waals surface area contributed by atoms with Crippen molar-refractivity contribution in [1.82, 2.24) is 5.32 Å². The first-order valence-electron chi connectivity index (χ1n) is 5.68. The quantitative estimate of drug-likeness (QED) is 0.641. The number of hydrogen-bond donors (Lipinski definition) is 1. The van der Waals surface area contributed by atoms with Gasteiger partial charge in [-0.05, 0) is 27.6 Å². The number of carbonyl (C=O) groups is 1. The Morgan fingerprint density at radius 2 is 2.15 bits per heavy atom. The maximum Gasteiger partial charge on any atom is 0.407 e. The molecule has 0 unspecified atom stereocenters. The van der Waals surface area contributed by atoms with Gasteiger partial charge in [0.2, 0.25) is 0 Å². The largest absolute Gasteiger partial charge is 0.449 e. The average molecular weight is 366 g/mol. The van der Waals surface area contributed by atoms with Gasteiger partial charge in [0.1, 0.15) is 6.61 Å². The first-order valence-corrected chi connectivity index (χ1v) is 6.48. The highest BCUT2D eigenvalue weighted by atomic mass is 79.9. The molecule has 20 heavy (non-hydrogen) atoms. The van der Waals surface area contributed by atoms with E-state index in [0.717, 1.165) is 0 Å². The van der Waals surface area contributed by atoms with Gasteiger partial charge < -0.3 is 10.1 Å². The minimum absolute atomic E-state index is 0. The van der Waals surface area contributed by atoms with Crippen molar-refractivity contribution in [2.24, 2.45) is 5.41 Å². The van der Waals surface area contributed by atoms with Crippen molar-refractivity contribution in [3.63, 3.8) is 0 Å². The van der Waals surface area contributed by atoms with Gasteiger partial charge in [-0.1, -0.05) is 19.9 Å². The van der Waals surface area contributed by atoms with Crippen molar-refractivity contribution in [2.75, 3.05) is 6.61 Å². The predicted octanol–water partition coefficient (Wildman–Crippen LogP) is 3.59. The predicted molar refractivity (Wildman–Crippen MR) is 79.1 cm³/mol. The molecule has 0 saturated carbocycles. The number of ether oxygens (including phenoxy) is 1. The highest BCUT2D eigenvalue weighted by Gasteiger charge is 2.38. The van der Waals surface area contributed by atoms with Crippen molar-refractivity contribution in [2.45, 2.75) is 19.9 Å². The van der Waals surface area contributed by atoms with E-state index in [1.165, 1.54) is 6.07 Å². The molecule has 0 aromatic heterocycles. The lowest BCUT2D eigenvalue weighted by Crippen LogP contribution is -2.46. The van der Waals surface area contributed by atoms with E-state index in [-0.39, 0.29) is 36.2 Å². The van der Waals surface area contributed by atoms with Gasteiger partial charge in [0.25, 0.3) is 5.69 Å². The zero-order valence-electron chi connectivity index (χ0n) is 10.9. The Morgan fingerprint density at radius 1 is 1.50 bits per heavy atom. The fourth-order valence-corrected chi connectivity index (χ4v) is 2.46. The smallest absolute Gasteiger partial charge is 0.407 e. The molecule has 1 heterocycles. The molecule has 6 nitrogen and oxygen atoms in total. The first kappa shape index (κ1) is 16.7. The van der Waals surface area contributed by atoms with Crippen LogP contribution in [0.25, 0.3) is 0 Å². The second kappa shape index (κ2) is 5.97. The maximum atomic E-state index is 11.3. The maximum absolute atomic E-state index is 11.3. The van der Waals surface area contributed by atoms with Gasteiger partial charge in [-0.15, -0.1) is 12.4 Å². The summed E-state index contributed by atoms with van der Waals surface area (Å²) in [5, 5.41) is 13.7. The van der Waals surface area contributed by atoms with Crippen LogP contribution in [0.15, 0.2) is 22.7 Å². The van der Waals surface area contributed by atoms with Gasteiger partial charge in [-0.3, -0.25) is 10.1 Å². The molecule has 2 rings (SSSR count). The van der Waals surface area contributed by atoms with Crippen molar-refractivity contribution in [3.8, 4) is 0 Å². The average Bonchev–Trinajstić information content (AvgIpc) is 2.33. The van der Waals surface area contributed by atoms with E-state index in [2.05, 4.69) is 21.2 Å². The lowest BCUT2D eigenvalue weighted by Gasteiger charge is -2.38. The lowest BCUT2D eigenvalue weighted by atomic mass is 9.80. The van der Waals surface area contributed by atoms with Crippen molar-refractivity contribution in [1.29, 1.82) is 0 Å². The molecule has 110 valence electrons. The van der Waals surface area contributed by atoms with Gasteiger partial charge in [0.05, 0.1) is 15.4 Å². The van der Waals surface area contributed by atoms with E-state index in [1.54, 1.807) is 12.1 Å². The van der Waals surface area contributed by atoms with Gasteiger partial charge in [-0.25, -0.2) is 4.79 Å². The van der Waals surface area contributed by atoms with Gasteiger partial charge in [0, 0.05) is 11.5 Å². The number of benzene rings is 1. The van der Waals surface area contributed by atoms with E-state index in [9.17, 15) is 14.9 Å². The summed E-state index contributed by atoms with van der Waals surface area (Å²) in [5.74, 6) is 0. The molecule has 1 aromatic rings. The Hall–Kier alpha value is -1.34. The van der Waals surface area contributed by atoms with Crippen LogP contribution in [0.3, 0.4) is 0 Å². The highest BCUT2D eigenvalue weighted by Crippen LogP contribution is 2.38. The second-order valence-electron chi connectivity index (χ2n) is 5.11. The second-order valence-corrected chi connectivity index (χ2v) is 5.96. The summed E-state index contributed by atoms with van der Waals surface area (Å²) in [5.41, 5.74) is 0.334. The summed E-state index contributed by atoms with van der Waals surface area (Å²) >= 11 is 3.14. The van der Waals surface area contributed by atoms with Crippen LogP contribution < -0.4 is 5.32 Å². The SMILES string of the molecule is CC1(C)COC(=O)N[C@H]1c1ccc(Br)c([N+](=O)[O-])c1.Cl. The van der Waals surface area contributed by atoms with Crippen LogP contribution in [0.1, 0.15) is 25.5 Å². The number of nitro benzene ring substituents is 1. The normalized spacial score (nSPS) is 20.4. The summed E-state index contributed by atoms with van der Waals surface area (Å²) in [4.78, 5) is 21.8. The van der Waals surface area contributed by atoms with Crippen LogP contribution >= 0.6 is 28.3 Å². The summed E-state index contributed by atoms with van der Waals surface area (Å²) in [6.07, 6.45) is -0.505. The molecule has 1 fully saturated rings. The molecule has 0 radical (unpaired) electrons. The zero-order chi connectivity index (χ0) is 14.2. The van der Waals surface area contributed by atoms with Crippen LogP contribution in [0.2, 0.25) is 0 Å². The fraction of sp³-hybridized carbons (Fsp3) is 0.417. The molecule has 0 aliphatic carbocycles. The number of rotatable bonds is 2. The van der Waals surface area contributed by atoms with Crippen molar-refractivity contribution < 1.29 is 14.5 Å². The fourth-order valence-electron chi connectivity index (χ4n) is 2.07. The molecule has 8 heteroatoms. The number of amides is 1. The number of nitrogens with zero attached hydrogens (tertiary/aromatic N) is 1. The van der Waals surface area contributed by atoms with Crippen molar-refractivity contribution >= 4 is 40.1 Å². The lowest BCUT2D eigenvalue weighted by molar-refractivity contribution is -0.385. The number of nitrogens with one attached hydrogen (secondary N) is 1. The van der Waals surface area contributed by atoms with Crippen molar-refractivity contribution in [3.05, 3.63) is 38.3 Å². The Bertz CT molecular complexity index is 550. The van der Waals surface area contributed by atoms with Crippen LogP contribution in [0.4, 0.5) is 10.5 Å². The summed E-state index contributed by atoms with van der Waals surface area (Å²) in [7, 11) is 0. The van der Waals surface area contributed by atoms with Gasteiger partial charge in [-0.2, -0.15) is 0 Å². The van der Waals surface area contributed by atoms with Gasteiger partial charge >= 0.3 is 6.09 Å². The number of hydrogen-bond acceptors (Lipinski definition) is 4. The van der Waals surface area contributed by atoms with E-state index < -0.39 is 11.0 Å². The zero-order valence-corrected chi connectivity index (χ0v) is 13.3. The summed E-state index contributed by atoms with van der Waals surface area (Å²) < 4.78 is 5.37. The summed E-state index contributed by atoms with van der Waals surface area (Å²) in [6.45, 7) is 4.14. The third-order valence-electron chi connectivity index (χ3n) is 3.12. The summed E-state index contributed by atoms with van der Waals surface area (Å²) in [6, 6.07) is 4.53. The van der Waals surface area contributed by atoms with Crippen LogP contribution in [0, 0.1) is 15.5 Å². The molecule has 0 bridgehead atoms. The molecular formula is C12H14BrClN2O4. The number of cyclic esters (lactones) is 1. The highest BCUT2D eigenvalue weighted by molar-refractivity contribution is 9.10. The number of halogens is 2. The monoisotopic (exact) mass is 364 g/mol. The van der Waals surface area contributed by atoms with Crippen LogP contribution in [0.5, 0.6) is 0 Å². The topological polar surface area (TPSA) is 81.5 Å². The van der Waals surface area contributed by atoms with E-state index in [4.69, 9.17) is 4.74 Å². The Kier molecular flexibility index (Phi) is 4.99. The standard InChI is InChI=1S/C12H13BrN2O4.ClH/c1-12(2)6-19-11(16)14-10(12)7-3-4-8(13)9(5-7)15(17)18;/h3-5,10H,6H2,1-2H3,(H,14,16);1H/t10-;/m0./s1. The van der Waals surface area contributed by atoms with E-state index >= 15 is 0 Å². The minimum Gasteiger partial charge on any atom is -0.449 e. The third kappa shape index (κ3) is 3.21. The molecule has 1 aliphatic heterocycles. The number of alkyl carbamates (subject to hydrolysis) is 1. The molecule has 1 atom stereocenters. The Labute approximate surface area is 130 Å². The molecule has 1 aliphatic rings. The first-order chi connectivity index (χ1) is 8.81. The third-order valence-corrected chi connectivity index (χ3v) is 3.79. The molecular weight excluding hydrogens is 351 g/mol. The molecule has 0 spiro atoms. The van der Waals surface area contributed by atoms with E-state index in [0.29, 0.717) is 10.0 Å². The minimum atomic E-state index is -0.505. The van der Waals surface area contributed by atoms with E-state index in [1.807, 2.05) is 13.8 Å². The van der Waals surface area contributed by atoms with Crippen LogP contribution in [-0.4, -0.2) is 17.6 Å². The Balaban J connectivity index is 0.00000200. The van der Waals surface area contributed by atoms with Crippen LogP contribution in [-0.2, 0) is 4.74 Å². The van der Waals surface area contributed by atoms with Gasteiger partial charge in [0.15, 0.2) is 0 Å². The number of carbonyl (C=O) groups excluding carboxylic acids is 1. The molecule has 1 saturated heterocycles. The Morgan fingerprint density at radius 3 is 2.75 bits per heavy atom. The molecule has 1 amide bonds.